The maximum Gasteiger partial charge on any atom is 0.219 e. The summed E-state index contributed by atoms with van der Waals surface area (Å²) in [4.78, 5) is 13.0. The third-order valence-electron chi connectivity index (χ3n) is 3.19. The summed E-state index contributed by atoms with van der Waals surface area (Å²) in [5, 5.41) is 11.6. The van der Waals surface area contributed by atoms with E-state index in [1.807, 2.05) is 36.4 Å². The average molecular weight is 243 g/mol. The van der Waals surface area contributed by atoms with Gasteiger partial charge in [-0.15, -0.1) is 0 Å². The summed E-state index contributed by atoms with van der Waals surface area (Å²) in [5.41, 5.74) is 1.97. The number of aliphatic hydroxyl groups excluding tert-OH is 1. The van der Waals surface area contributed by atoms with Crippen molar-refractivity contribution in [1.82, 2.24) is 4.90 Å². The molecule has 0 saturated heterocycles. The second-order valence-corrected chi connectivity index (χ2v) is 4.47. The van der Waals surface area contributed by atoms with E-state index >= 15 is 0 Å². The van der Waals surface area contributed by atoms with E-state index in [1.54, 1.807) is 18.9 Å². The number of fused-ring (bicyclic) bond motifs is 1. The first-order valence-corrected chi connectivity index (χ1v) is 5.95. The molecule has 0 atom stereocenters. The molecule has 0 fully saturated rings. The van der Waals surface area contributed by atoms with E-state index in [1.165, 1.54) is 0 Å². The minimum absolute atomic E-state index is 0.0120. The average Bonchev–Trinajstić information content (AvgIpc) is 2.38. The van der Waals surface area contributed by atoms with Gasteiger partial charge in [-0.3, -0.25) is 4.79 Å². The van der Waals surface area contributed by atoms with Crippen LogP contribution in [0.4, 0.5) is 0 Å². The van der Waals surface area contributed by atoms with Crippen LogP contribution < -0.4 is 0 Å². The molecule has 0 aliphatic heterocycles. The fourth-order valence-electron chi connectivity index (χ4n) is 2.13. The summed E-state index contributed by atoms with van der Waals surface area (Å²) >= 11 is 0. The predicted molar refractivity (Wildman–Crippen MR) is 72.0 cm³/mol. The quantitative estimate of drug-likeness (QED) is 0.898. The van der Waals surface area contributed by atoms with Gasteiger partial charge in [0.05, 0.1) is 6.61 Å². The fourth-order valence-corrected chi connectivity index (χ4v) is 2.13. The van der Waals surface area contributed by atoms with Gasteiger partial charge in [-0.1, -0.05) is 36.4 Å². The summed E-state index contributed by atoms with van der Waals surface area (Å²) in [5.74, 6) is 0.0356. The maximum atomic E-state index is 11.3. The molecular weight excluding hydrogens is 226 g/mol. The van der Waals surface area contributed by atoms with E-state index in [2.05, 4.69) is 0 Å². The molecule has 1 N–H and O–H groups in total. The summed E-state index contributed by atoms with van der Waals surface area (Å²) in [6.45, 7) is 2.12. The van der Waals surface area contributed by atoms with Crippen molar-refractivity contribution in [3.63, 3.8) is 0 Å². The number of aliphatic hydroxyl groups is 1. The van der Waals surface area contributed by atoms with Crippen molar-refractivity contribution >= 4 is 16.7 Å². The summed E-state index contributed by atoms with van der Waals surface area (Å²) in [6, 6.07) is 11.9. The largest absolute Gasteiger partial charge is 0.392 e. The van der Waals surface area contributed by atoms with Crippen molar-refractivity contribution < 1.29 is 9.90 Å². The number of amides is 1. The van der Waals surface area contributed by atoms with Crippen molar-refractivity contribution in [2.75, 3.05) is 7.05 Å². The lowest BCUT2D eigenvalue weighted by Crippen LogP contribution is -2.23. The van der Waals surface area contributed by atoms with Crippen molar-refractivity contribution in [3.8, 4) is 0 Å². The highest BCUT2D eigenvalue weighted by Crippen LogP contribution is 2.24. The van der Waals surface area contributed by atoms with E-state index in [9.17, 15) is 9.90 Å². The lowest BCUT2D eigenvalue weighted by Gasteiger charge is -2.17. The second kappa shape index (κ2) is 5.19. The Morgan fingerprint density at radius 1 is 1.17 bits per heavy atom. The molecule has 2 rings (SSSR count). The molecule has 0 heterocycles. The third kappa shape index (κ3) is 2.36. The predicted octanol–water partition coefficient (Wildman–Crippen LogP) is 2.31. The number of benzene rings is 2. The van der Waals surface area contributed by atoms with Crippen LogP contribution in [0.1, 0.15) is 18.1 Å². The van der Waals surface area contributed by atoms with Gasteiger partial charge in [0.15, 0.2) is 0 Å². The molecule has 0 saturated carbocycles. The van der Waals surface area contributed by atoms with Gasteiger partial charge in [0.2, 0.25) is 5.91 Å². The smallest absolute Gasteiger partial charge is 0.219 e. The minimum Gasteiger partial charge on any atom is -0.392 e. The fraction of sp³-hybridized carbons (Fsp3) is 0.267. The second-order valence-electron chi connectivity index (χ2n) is 4.47. The highest BCUT2D eigenvalue weighted by molar-refractivity contribution is 5.89. The zero-order valence-electron chi connectivity index (χ0n) is 10.7. The van der Waals surface area contributed by atoms with Crippen LogP contribution in [-0.4, -0.2) is 23.0 Å². The van der Waals surface area contributed by atoms with Gasteiger partial charge in [-0.05, 0) is 21.9 Å². The number of rotatable bonds is 3. The normalized spacial score (nSPS) is 10.6. The standard InChI is InChI=1S/C15H17NO2/c1-11(18)16(2)9-13-7-3-5-12-6-4-8-14(10-17)15(12)13/h3-8,17H,9-10H2,1-2H3. The third-order valence-corrected chi connectivity index (χ3v) is 3.19. The summed E-state index contributed by atoms with van der Waals surface area (Å²) in [7, 11) is 1.78. The zero-order chi connectivity index (χ0) is 13.1. The Morgan fingerprint density at radius 2 is 1.78 bits per heavy atom. The Bertz CT molecular complexity index is 572. The first-order chi connectivity index (χ1) is 8.63. The summed E-state index contributed by atoms with van der Waals surface area (Å²) < 4.78 is 0. The van der Waals surface area contributed by atoms with Crippen LogP contribution in [0.15, 0.2) is 36.4 Å². The zero-order valence-corrected chi connectivity index (χ0v) is 10.7. The Kier molecular flexibility index (Phi) is 3.63. The van der Waals surface area contributed by atoms with Crippen LogP contribution >= 0.6 is 0 Å². The van der Waals surface area contributed by atoms with Gasteiger partial charge in [-0.25, -0.2) is 0 Å². The summed E-state index contributed by atoms with van der Waals surface area (Å²) in [6.07, 6.45) is 0. The first-order valence-electron chi connectivity index (χ1n) is 5.95. The molecule has 2 aromatic rings. The van der Waals surface area contributed by atoms with Crippen molar-refractivity contribution in [3.05, 3.63) is 47.5 Å². The van der Waals surface area contributed by atoms with Crippen LogP contribution in [0, 0.1) is 0 Å². The van der Waals surface area contributed by atoms with Gasteiger partial charge in [0.25, 0.3) is 0 Å². The molecule has 0 aromatic heterocycles. The minimum atomic E-state index is 0.0120. The number of nitrogens with zero attached hydrogens (tertiary/aromatic N) is 1. The molecule has 0 radical (unpaired) electrons. The van der Waals surface area contributed by atoms with Crippen LogP contribution in [-0.2, 0) is 17.9 Å². The molecule has 0 spiro atoms. The van der Waals surface area contributed by atoms with E-state index < -0.39 is 0 Å². The Hall–Kier alpha value is -1.87. The Labute approximate surface area is 107 Å². The van der Waals surface area contributed by atoms with Gasteiger partial charge < -0.3 is 10.0 Å². The number of carbonyl (C=O) groups is 1. The van der Waals surface area contributed by atoms with Gasteiger partial charge >= 0.3 is 0 Å². The van der Waals surface area contributed by atoms with Gasteiger partial charge in [0, 0.05) is 20.5 Å². The van der Waals surface area contributed by atoms with E-state index in [0.717, 1.165) is 21.9 Å². The van der Waals surface area contributed by atoms with E-state index in [0.29, 0.717) is 6.54 Å². The molecule has 0 unspecified atom stereocenters. The maximum absolute atomic E-state index is 11.3. The van der Waals surface area contributed by atoms with E-state index in [-0.39, 0.29) is 12.5 Å². The molecule has 0 aliphatic carbocycles. The molecule has 0 aliphatic rings. The lowest BCUT2D eigenvalue weighted by molar-refractivity contribution is -0.128. The van der Waals surface area contributed by atoms with Crippen LogP contribution in [0.25, 0.3) is 10.8 Å². The van der Waals surface area contributed by atoms with Crippen LogP contribution in [0.5, 0.6) is 0 Å². The number of hydrogen-bond donors (Lipinski definition) is 1. The first kappa shape index (κ1) is 12.6. The number of carbonyl (C=O) groups excluding carboxylic acids is 1. The molecule has 3 heteroatoms. The highest BCUT2D eigenvalue weighted by atomic mass is 16.3. The van der Waals surface area contributed by atoms with E-state index in [4.69, 9.17) is 0 Å². The molecule has 3 nitrogen and oxygen atoms in total. The lowest BCUT2D eigenvalue weighted by atomic mass is 9.99. The molecule has 1 amide bonds. The van der Waals surface area contributed by atoms with Crippen molar-refractivity contribution in [2.45, 2.75) is 20.1 Å². The molecule has 0 bridgehead atoms. The van der Waals surface area contributed by atoms with Gasteiger partial charge in [-0.2, -0.15) is 0 Å². The van der Waals surface area contributed by atoms with Crippen LogP contribution in [0.3, 0.4) is 0 Å². The van der Waals surface area contributed by atoms with Crippen LogP contribution in [0.2, 0.25) is 0 Å². The topological polar surface area (TPSA) is 40.5 Å². The number of hydrogen-bond acceptors (Lipinski definition) is 2. The molecular formula is C15H17NO2. The van der Waals surface area contributed by atoms with Crippen molar-refractivity contribution in [2.24, 2.45) is 0 Å². The monoisotopic (exact) mass is 243 g/mol. The molecule has 94 valence electrons. The molecule has 18 heavy (non-hydrogen) atoms. The Balaban J connectivity index is 2.53. The Morgan fingerprint density at radius 3 is 2.33 bits per heavy atom. The SMILES string of the molecule is CC(=O)N(C)Cc1cccc2cccc(CO)c12. The molecule has 2 aromatic carbocycles. The van der Waals surface area contributed by atoms with Gasteiger partial charge in [0.1, 0.15) is 0 Å². The highest BCUT2D eigenvalue weighted by Gasteiger charge is 2.09. The van der Waals surface area contributed by atoms with Crippen molar-refractivity contribution in [1.29, 1.82) is 0 Å².